The van der Waals surface area contributed by atoms with E-state index in [2.05, 4.69) is 26.1 Å². The summed E-state index contributed by atoms with van der Waals surface area (Å²) in [6, 6.07) is 9.65. The van der Waals surface area contributed by atoms with Crippen LogP contribution in [0.3, 0.4) is 0 Å². The van der Waals surface area contributed by atoms with E-state index in [1.807, 2.05) is 0 Å². The Kier molecular flexibility index (Phi) is 6.91. The van der Waals surface area contributed by atoms with Gasteiger partial charge in [-0.1, -0.05) is 0 Å². The van der Waals surface area contributed by atoms with Crippen LogP contribution in [0.25, 0.3) is 0 Å². The van der Waals surface area contributed by atoms with Crippen LogP contribution >= 0.6 is 15.9 Å². The highest BCUT2D eigenvalue weighted by atomic mass is 79.9. The lowest BCUT2D eigenvalue weighted by Crippen LogP contribution is -2.41. The molecule has 0 saturated carbocycles. The van der Waals surface area contributed by atoms with E-state index >= 15 is 0 Å². The molecule has 1 N–H and O–H groups in total. The minimum atomic E-state index is -0.401. The van der Waals surface area contributed by atoms with Gasteiger partial charge >= 0.3 is 0 Å². The number of likely N-dealkylation sites (tertiary alicyclic amines) is 1. The Morgan fingerprint density at radius 1 is 1.04 bits per heavy atom. The van der Waals surface area contributed by atoms with Crippen LogP contribution in [0.1, 0.15) is 33.6 Å². The molecule has 0 unspecified atom stereocenters. The van der Waals surface area contributed by atoms with Crippen molar-refractivity contribution in [3.63, 3.8) is 0 Å². The van der Waals surface area contributed by atoms with E-state index in [1.165, 1.54) is 42.5 Å². The third-order valence-corrected chi connectivity index (χ3v) is 5.63. The number of carbonyl (C=O) groups is 2. The third kappa shape index (κ3) is 5.23. The molecule has 1 heterocycles. The summed E-state index contributed by atoms with van der Waals surface area (Å²) in [7, 11) is 0. The fourth-order valence-electron chi connectivity index (χ4n) is 3.37. The Balaban J connectivity index is 1.42. The number of nitrogens with zero attached hydrogens (tertiary/aromatic N) is 1. The molecule has 1 saturated heterocycles. The van der Waals surface area contributed by atoms with Crippen LogP contribution < -0.4 is 5.32 Å². The fraction of sp³-hybridized carbons (Fsp3) is 0.333. The van der Waals surface area contributed by atoms with Crippen LogP contribution in [0.5, 0.6) is 0 Å². The van der Waals surface area contributed by atoms with Gasteiger partial charge in [0.05, 0.1) is 5.56 Å². The van der Waals surface area contributed by atoms with Crippen molar-refractivity contribution in [2.75, 3.05) is 26.2 Å². The van der Waals surface area contributed by atoms with E-state index in [9.17, 15) is 18.4 Å². The maximum atomic E-state index is 13.1. The van der Waals surface area contributed by atoms with Crippen molar-refractivity contribution in [3.05, 3.63) is 69.7 Å². The van der Waals surface area contributed by atoms with Gasteiger partial charge in [0.1, 0.15) is 11.6 Å². The Bertz CT molecular complexity index is 850. The Morgan fingerprint density at radius 3 is 2.32 bits per heavy atom. The molecule has 1 amide bonds. The van der Waals surface area contributed by atoms with Gasteiger partial charge in [-0.25, -0.2) is 8.78 Å². The molecule has 7 heteroatoms. The molecule has 1 fully saturated rings. The number of rotatable bonds is 6. The number of halogens is 3. The van der Waals surface area contributed by atoms with E-state index in [0.717, 1.165) is 25.9 Å². The summed E-state index contributed by atoms with van der Waals surface area (Å²) in [6.07, 6.45) is 1.49. The van der Waals surface area contributed by atoms with Crippen molar-refractivity contribution in [2.24, 2.45) is 5.92 Å². The zero-order valence-electron chi connectivity index (χ0n) is 15.3. The SMILES string of the molecule is O=C(NCCN1CCC(C(=O)c2ccc(F)cc2)CC1)c1ccc(F)cc1Br. The lowest BCUT2D eigenvalue weighted by atomic mass is 9.89. The smallest absolute Gasteiger partial charge is 0.252 e. The number of hydrogen-bond donors (Lipinski definition) is 1. The van der Waals surface area contributed by atoms with E-state index in [4.69, 9.17) is 0 Å². The first-order valence-electron chi connectivity index (χ1n) is 9.19. The summed E-state index contributed by atoms with van der Waals surface area (Å²) in [5.74, 6) is -0.989. The van der Waals surface area contributed by atoms with E-state index in [0.29, 0.717) is 28.7 Å². The molecule has 0 aliphatic carbocycles. The highest BCUT2D eigenvalue weighted by molar-refractivity contribution is 9.10. The van der Waals surface area contributed by atoms with E-state index in [1.54, 1.807) is 0 Å². The van der Waals surface area contributed by atoms with Gasteiger partial charge in [-0.05, 0) is 84.3 Å². The number of piperidine rings is 1. The second kappa shape index (κ2) is 9.39. The molecule has 0 spiro atoms. The number of ketones is 1. The van der Waals surface area contributed by atoms with Crippen LogP contribution in [0.15, 0.2) is 46.9 Å². The van der Waals surface area contributed by atoms with Gasteiger partial charge in [0.25, 0.3) is 5.91 Å². The summed E-state index contributed by atoms with van der Waals surface area (Å²) in [4.78, 5) is 26.9. The minimum Gasteiger partial charge on any atom is -0.351 e. The number of amides is 1. The van der Waals surface area contributed by atoms with Crippen LogP contribution in [0.2, 0.25) is 0 Å². The van der Waals surface area contributed by atoms with Crippen LogP contribution in [0, 0.1) is 17.6 Å². The molecule has 1 aliphatic heterocycles. The van der Waals surface area contributed by atoms with Gasteiger partial charge in [0.15, 0.2) is 5.78 Å². The van der Waals surface area contributed by atoms with E-state index in [-0.39, 0.29) is 23.4 Å². The Labute approximate surface area is 171 Å². The maximum absolute atomic E-state index is 13.1. The maximum Gasteiger partial charge on any atom is 0.252 e. The lowest BCUT2D eigenvalue weighted by Gasteiger charge is -2.31. The first-order valence-corrected chi connectivity index (χ1v) is 9.99. The predicted octanol–water partition coefficient (Wildman–Crippen LogP) is 4.05. The average Bonchev–Trinajstić information content (AvgIpc) is 2.68. The highest BCUT2D eigenvalue weighted by Crippen LogP contribution is 2.22. The Morgan fingerprint density at radius 2 is 1.68 bits per heavy atom. The summed E-state index contributed by atoms with van der Waals surface area (Å²) >= 11 is 3.20. The van der Waals surface area contributed by atoms with Crippen molar-refractivity contribution in [1.29, 1.82) is 0 Å². The summed E-state index contributed by atoms with van der Waals surface area (Å²) in [6.45, 7) is 2.70. The lowest BCUT2D eigenvalue weighted by molar-refractivity contribution is 0.0839. The minimum absolute atomic E-state index is 0.0496. The number of nitrogens with one attached hydrogen (secondary N) is 1. The first kappa shape index (κ1) is 20.6. The molecule has 0 aromatic heterocycles. The van der Waals surface area contributed by atoms with Gasteiger partial charge in [-0.3, -0.25) is 9.59 Å². The van der Waals surface area contributed by atoms with Crippen molar-refractivity contribution in [2.45, 2.75) is 12.8 Å². The molecule has 1 aliphatic rings. The number of hydrogen-bond acceptors (Lipinski definition) is 3. The molecule has 148 valence electrons. The topological polar surface area (TPSA) is 49.4 Å². The van der Waals surface area contributed by atoms with Crippen molar-refractivity contribution in [1.82, 2.24) is 10.2 Å². The van der Waals surface area contributed by atoms with Crippen LogP contribution in [0.4, 0.5) is 8.78 Å². The van der Waals surface area contributed by atoms with Gasteiger partial charge in [0.2, 0.25) is 0 Å². The molecule has 2 aromatic carbocycles. The van der Waals surface area contributed by atoms with E-state index < -0.39 is 5.82 Å². The van der Waals surface area contributed by atoms with Gasteiger partial charge in [0, 0.05) is 29.0 Å². The molecule has 28 heavy (non-hydrogen) atoms. The number of Topliss-reactive ketones (excluding diaryl/α,β-unsaturated/α-hetero) is 1. The summed E-state index contributed by atoms with van der Waals surface area (Å²) in [5.41, 5.74) is 0.946. The molecule has 0 bridgehead atoms. The standard InChI is InChI=1S/C21H21BrF2N2O2/c22-19-13-17(24)5-6-18(19)21(28)25-9-12-26-10-7-15(8-11-26)20(27)14-1-3-16(23)4-2-14/h1-6,13,15H,7-12H2,(H,25,28). The third-order valence-electron chi connectivity index (χ3n) is 4.98. The Hall–Kier alpha value is -2.12. The van der Waals surface area contributed by atoms with Gasteiger partial charge in [-0.2, -0.15) is 0 Å². The monoisotopic (exact) mass is 450 g/mol. The molecular formula is C21H21BrF2N2O2. The van der Waals surface area contributed by atoms with Gasteiger partial charge < -0.3 is 10.2 Å². The molecular weight excluding hydrogens is 430 g/mol. The molecule has 0 radical (unpaired) electrons. The summed E-state index contributed by atoms with van der Waals surface area (Å²) < 4.78 is 26.5. The van der Waals surface area contributed by atoms with Gasteiger partial charge in [-0.15, -0.1) is 0 Å². The molecule has 4 nitrogen and oxygen atoms in total. The molecule has 3 rings (SSSR count). The fourth-order valence-corrected chi connectivity index (χ4v) is 3.90. The quantitative estimate of drug-likeness (QED) is 0.675. The first-order chi connectivity index (χ1) is 13.4. The molecule has 0 atom stereocenters. The van der Waals surface area contributed by atoms with Crippen LogP contribution in [-0.4, -0.2) is 42.8 Å². The highest BCUT2D eigenvalue weighted by Gasteiger charge is 2.25. The predicted molar refractivity (Wildman–Crippen MR) is 106 cm³/mol. The second-order valence-corrected chi connectivity index (χ2v) is 7.72. The zero-order chi connectivity index (χ0) is 20.1. The zero-order valence-corrected chi connectivity index (χ0v) is 16.8. The largest absolute Gasteiger partial charge is 0.351 e. The van der Waals surface area contributed by atoms with Crippen molar-refractivity contribution >= 4 is 27.6 Å². The van der Waals surface area contributed by atoms with Crippen LogP contribution in [-0.2, 0) is 0 Å². The number of benzene rings is 2. The number of carbonyl (C=O) groups excluding carboxylic acids is 2. The molecule has 2 aromatic rings. The van der Waals surface area contributed by atoms with Crippen molar-refractivity contribution < 1.29 is 18.4 Å². The average molecular weight is 451 g/mol. The summed E-state index contributed by atoms with van der Waals surface area (Å²) in [5, 5.41) is 2.84. The van der Waals surface area contributed by atoms with Crippen molar-refractivity contribution in [3.8, 4) is 0 Å². The second-order valence-electron chi connectivity index (χ2n) is 6.87. The normalized spacial score (nSPS) is 15.4.